The molecule has 1 amide bonds. The van der Waals surface area contributed by atoms with E-state index in [9.17, 15) is 4.79 Å². The first-order valence-electron chi connectivity index (χ1n) is 11.1. The maximum absolute atomic E-state index is 12.8. The van der Waals surface area contributed by atoms with Crippen molar-refractivity contribution in [2.45, 2.75) is 12.8 Å². The predicted octanol–water partition coefficient (Wildman–Crippen LogP) is 3.39. The molecule has 0 atom stereocenters. The zero-order valence-electron chi connectivity index (χ0n) is 18.5. The Morgan fingerprint density at radius 3 is 2.53 bits per heavy atom. The molecule has 1 saturated heterocycles. The molecule has 1 aliphatic heterocycles. The van der Waals surface area contributed by atoms with Crippen LogP contribution in [0.3, 0.4) is 0 Å². The van der Waals surface area contributed by atoms with E-state index in [-0.39, 0.29) is 5.91 Å². The fourth-order valence-corrected chi connectivity index (χ4v) is 3.80. The van der Waals surface area contributed by atoms with Crippen LogP contribution < -0.4 is 10.1 Å². The van der Waals surface area contributed by atoms with Gasteiger partial charge >= 0.3 is 0 Å². The summed E-state index contributed by atoms with van der Waals surface area (Å²) in [6.45, 7) is 5.31. The minimum Gasteiger partial charge on any atom is -0.497 e. The van der Waals surface area contributed by atoms with Gasteiger partial charge in [0.2, 0.25) is 0 Å². The third kappa shape index (κ3) is 5.55. The molecule has 1 aromatic heterocycles. The number of rotatable bonds is 9. The molecule has 0 saturated carbocycles. The third-order valence-corrected chi connectivity index (χ3v) is 5.62. The quantitative estimate of drug-likeness (QED) is 0.523. The number of amides is 1. The van der Waals surface area contributed by atoms with Gasteiger partial charge in [0, 0.05) is 25.2 Å². The summed E-state index contributed by atoms with van der Waals surface area (Å²) in [6.07, 6.45) is 1.99. The molecule has 0 spiro atoms. The number of nitrogens with zero attached hydrogens (tertiary/aromatic N) is 3. The van der Waals surface area contributed by atoms with Crippen molar-refractivity contribution in [1.29, 1.82) is 0 Å². The summed E-state index contributed by atoms with van der Waals surface area (Å²) in [5, 5.41) is 7.64. The molecule has 2 heterocycles. The number of unbranched alkanes of at least 4 members (excludes halogenated alkanes) is 1. The topological polar surface area (TPSA) is 68.6 Å². The first kappa shape index (κ1) is 22.0. The van der Waals surface area contributed by atoms with Gasteiger partial charge in [0.25, 0.3) is 5.91 Å². The van der Waals surface area contributed by atoms with Gasteiger partial charge < -0.3 is 14.8 Å². The van der Waals surface area contributed by atoms with E-state index in [1.807, 2.05) is 65.3 Å². The number of benzene rings is 2. The number of hydrogen-bond donors (Lipinski definition) is 1. The van der Waals surface area contributed by atoms with Gasteiger partial charge in [-0.15, -0.1) is 0 Å². The van der Waals surface area contributed by atoms with E-state index in [2.05, 4.69) is 15.3 Å². The Morgan fingerprint density at radius 2 is 1.81 bits per heavy atom. The second-order valence-electron chi connectivity index (χ2n) is 7.81. The van der Waals surface area contributed by atoms with Crippen LogP contribution >= 0.6 is 0 Å². The Morgan fingerprint density at radius 1 is 1.06 bits per heavy atom. The molecule has 1 aliphatic rings. The Labute approximate surface area is 188 Å². The van der Waals surface area contributed by atoms with Gasteiger partial charge in [-0.05, 0) is 61.9 Å². The van der Waals surface area contributed by atoms with Crippen LogP contribution in [0.15, 0.2) is 60.7 Å². The van der Waals surface area contributed by atoms with Crippen LogP contribution in [0.4, 0.5) is 0 Å². The molecular formula is C25H30N4O3. The van der Waals surface area contributed by atoms with Crippen LogP contribution in [0, 0.1) is 0 Å². The van der Waals surface area contributed by atoms with E-state index < -0.39 is 0 Å². The van der Waals surface area contributed by atoms with Crippen molar-refractivity contribution in [3.8, 4) is 22.7 Å². The van der Waals surface area contributed by atoms with Crippen LogP contribution in [0.2, 0.25) is 0 Å². The second-order valence-corrected chi connectivity index (χ2v) is 7.81. The van der Waals surface area contributed by atoms with E-state index in [0.29, 0.717) is 12.2 Å². The minimum atomic E-state index is -0.152. The highest BCUT2D eigenvalue weighted by molar-refractivity contribution is 5.93. The first-order valence-corrected chi connectivity index (χ1v) is 11.1. The normalized spacial score (nSPS) is 14.3. The van der Waals surface area contributed by atoms with Crippen LogP contribution in [-0.4, -0.2) is 67.1 Å². The lowest BCUT2D eigenvalue weighted by atomic mass is 10.1. The van der Waals surface area contributed by atoms with E-state index in [1.54, 1.807) is 7.11 Å². The monoisotopic (exact) mass is 434 g/mol. The minimum absolute atomic E-state index is 0.152. The molecule has 168 valence electrons. The number of morpholine rings is 1. The summed E-state index contributed by atoms with van der Waals surface area (Å²) >= 11 is 0. The third-order valence-electron chi connectivity index (χ3n) is 5.62. The molecule has 32 heavy (non-hydrogen) atoms. The van der Waals surface area contributed by atoms with Crippen molar-refractivity contribution in [3.63, 3.8) is 0 Å². The maximum atomic E-state index is 12.8. The summed E-state index contributed by atoms with van der Waals surface area (Å²) in [7, 11) is 1.65. The number of ether oxygens (including phenoxy) is 2. The lowest BCUT2D eigenvalue weighted by Crippen LogP contribution is -2.37. The molecule has 0 unspecified atom stereocenters. The highest BCUT2D eigenvalue weighted by atomic mass is 16.5. The molecule has 1 N–H and O–H groups in total. The zero-order valence-corrected chi connectivity index (χ0v) is 18.5. The van der Waals surface area contributed by atoms with Gasteiger partial charge in [-0.3, -0.25) is 9.69 Å². The SMILES string of the molecule is COc1ccc(-c2cc(C(=O)NCCCCN3CCOCC3)nn2-c2ccccc2)cc1. The smallest absolute Gasteiger partial charge is 0.271 e. The van der Waals surface area contributed by atoms with Gasteiger partial charge in [-0.25, -0.2) is 4.68 Å². The van der Waals surface area contributed by atoms with E-state index >= 15 is 0 Å². The fraction of sp³-hybridized carbons (Fsp3) is 0.360. The summed E-state index contributed by atoms with van der Waals surface area (Å²) in [5.74, 6) is 0.635. The Hall–Kier alpha value is -3.16. The largest absolute Gasteiger partial charge is 0.497 e. The molecular weight excluding hydrogens is 404 g/mol. The van der Waals surface area contributed by atoms with E-state index in [0.717, 1.165) is 68.4 Å². The molecule has 3 aromatic rings. The number of methoxy groups -OCH3 is 1. The van der Waals surface area contributed by atoms with Crippen molar-refractivity contribution in [2.75, 3.05) is 46.5 Å². The first-order chi connectivity index (χ1) is 15.7. The number of para-hydroxylation sites is 1. The van der Waals surface area contributed by atoms with Crippen molar-refractivity contribution < 1.29 is 14.3 Å². The van der Waals surface area contributed by atoms with Crippen LogP contribution in [0.25, 0.3) is 16.9 Å². The number of carbonyl (C=O) groups excluding carboxylic acids is 1. The van der Waals surface area contributed by atoms with Crippen LogP contribution in [0.5, 0.6) is 5.75 Å². The van der Waals surface area contributed by atoms with Crippen molar-refractivity contribution in [1.82, 2.24) is 20.0 Å². The molecule has 0 radical (unpaired) electrons. The average molecular weight is 435 g/mol. The lowest BCUT2D eigenvalue weighted by molar-refractivity contribution is 0.0372. The highest BCUT2D eigenvalue weighted by Crippen LogP contribution is 2.26. The predicted molar refractivity (Wildman–Crippen MR) is 124 cm³/mol. The average Bonchev–Trinajstić information content (AvgIpc) is 3.31. The van der Waals surface area contributed by atoms with Crippen molar-refractivity contribution in [2.24, 2.45) is 0 Å². The van der Waals surface area contributed by atoms with E-state index in [4.69, 9.17) is 9.47 Å². The number of nitrogens with one attached hydrogen (secondary N) is 1. The Bertz CT molecular complexity index is 996. The van der Waals surface area contributed by atoms with Gasteiger partial charge in [-0.1, -0.05) is 18.2 Å². The number of carbonyl (C=O) groups is 1. The Kier molecular flexibility index (Phi) is 7.53. The highest BCUT2D eigenvalue weighted by Gasteiger charge is 2.17. The standard InChI is InChI=1S/C25H30N4O3/c1-31-22-11-9-20(10-12-22)24-19-23(27-29(24)21-7-3-2-4-8-21)25(30)26-13-5-6-14-28-15-17-32-18-16-28/h2-4,7-12,19H,5-6,13-18H2,1H3,(H,26,30). The summed E-state index contributed by atoms with van der Waals surface area (Å²) < 4.78 is 12.5. The van der Waals surface area contributed by atoms with E-state index in [1.165, 1.54) is 0 Å². The molecule has 1 fully saturated rings. The van der Waals surface area contributed by atoms with Crippen molar-refractivity contribution >= 4 is 5.91 Å². The molecule has 4 rings (SSSR count). The van der Waals surface area contributed by atoms with Crippen LogP contribution in [-0.2, 0) is 4.74 Å². The molecule has 0 aliphatic carbocycles. The molecule has 7 heteroatoms. The van der Waals surface area contributed by atoms with Gasteiger partial charge in [0.05, 0.1) is 31.7 Å². The van der Waals surface area contributed by atoms with Crippen LogP contribution in [0.1, 0.15) is 23.3 Å². The zero-order chi connectivity index (χ0) is 22.2. The second kappa shape index (κ2) is 10.9. The summed E-state index contributed by atoms with van der Waals surface area (Å²) in [5.41, 5.74) is 3.14. The molecule has 0 bridgehead atoms. The Balaban J connectivity index is 1.42. The molecule has 7 nitrogen and oxygen atoms in total. The number of aromatic nitrogens is 2. The van der Waals surface area contributed by atoms with Gasteiger partial charge in [0.1, 0.15) is 5.75 Å². The molecule has 2 aromatic carbocycles. The summed E-state index contributed by atoms with van der Waals surface area (Å²) in [6, 6.07) is 19.5. The summed E-state index contributed by atoms with van der Waals surface area (Å²) in [4.78, 5) is 15.2. The van der Waals surface area contributed by atoms with Gasteiger partial charge in [0.15, 0.2) is 5.69 Å². The van der Waals surface area contributed by atoms with Gasteiger partial charge in [-0.2, -0.15) is 5.10 Å². The van der Waals surface area contributed by atoms with Crippen molar-refractivity contribution in [3.05, 3.63) is 66.4 Å². The number of hydrogen-bond acceptors (Lipinski definition) is 5. The lowest BCUT2D eigenvalue weighted by Gasteiger charge is -2.26. The fourth-order valence-electron chi connectivity index (χ4n) is 3.80. The maximum Gasteiger partial charge on any atom is 0.271 e.